The number of nitro groups is 1. The van der Waals surface area contributed by atoms with Gasteiger partial charge in [0.2, 0.25) is 5.91 Å². The van der Waals surface area contributed by atoms with Gasteiger partial charge in [-0.3, -0.25) is 24.3 Å². The van der Waals surface area contributed by atoms with Gasteiger partial charge in [-0.2, -0.15) is 0 Å². The fraction of sp³-hybridized carbons (Fsp3) is 0.0714. The molecule has 3 heterocycles. The predicted octanol–water partition coefficient (Wildman–Crippen LogP) is 4.94. The zero-order valence-corrected chi connectivity index (χ0v) is 23.3. The molecule has 0 atom stereocenters. The first kappa shape index (κ1) is 27.0. The van der Waals surface area contributed by atoms with E-state index in [0.717, 1.165) is 11.3 Å². The summed E-state index contributed by atoms with van der Waals surface area (Å²) in [4.78, 5) is 45.8. The minimum Gasteiger partial charge on any atom is -0.300 e. The lowest BCUT2D eigenvalue weighted by molar-refractivity contribution is -0.384. The fourth-order valence-electron chi connectivity index (χ4n) is 4.16. The first-order valence-electron chi connectivity index (χ1n) is 12.5. The van der Waals surface area contributed by atoms with E-state index in [9.17, 15) is 19.7 Å². The Labute approximate surface area is 245 Å². The number of rotatable bonds is 9. The van der Waals surface area contributed by atoms with E-state index >= 15 is 0 Å². The minimum atomic E-state index is -0.497. The highest BCUT2D eigenvalue weighted by molar-refractivity contribution is 7.98. The molecule has 0 aliphatic rings. The van der Waals surface area contributed by atoms with E-state index in [4.69, 9.17) is 0 Å². The lowest BCUT2D eigenvalue weighted by Gasteiger charge is -2.12. The maximum atomic E-state index is 13.4. The molecule has 3 aromatic heterocycles. The second-order valence-corrected chi connectivity index (χ2v) is 10.8. The number of anilines is 1. The number of thiazole rings is 1. The minimum absolute atomic E-state index is 0.0559. The Morgan fingerprint density at radius 3 is 2.55 bits per heavy atom. The predicted molar refractivity (Wildman–Crippen MR) is 160 cm³/mol. The number of para-hydroxylation sites is 1. The first-order valence-corrected chi connectivity index (χ1v) is 14.4. The maximum absolute atomic E-state index is 13.4. The Morgan fingerprint density at radius 2 is 1.76 bits per heavy atom. The summed E-state index contributed by atoms with van der Waals surface area (Å²) in [6, 6.07) is 22.4. The molecule has 42 heavy (non-hydrogen) atoms. The normalized spacial score (nSPS) is 11.0. The molecule has 0 aliphatic carbocycles. The van der Waals surface area contributed by atoms with Crippen molar-refractivity contribution in [2.45, 2.75) is 17.5 Å². The van der Waals surface area contributed by atoms with Gasteiger partial charge in [0, 0.05) is 35.0 Å². The molecule has 0 bridgehead atoms. The summed E-state index contributed by atoms with van der Waals surface area (Å²) in [6.07, 6.45) is 1.65. The van der Waals surface area contributed by atoms with Gasteiger partial charge in [-0.15, -0.1) is 16.4 Å². The number of benzene rings is 3. The van der Waals surface area contributed by atoms with Gasteiger partial charge in [0.25, 0.3) is 11.2 Å². The number of nitro benzene ring substituents is 1. The quantitative estimate of drug-likeness (QED) is 0.106. The molecule has 0 saturated carbocycles. The summed E-state index contributed by atoms with van der Waals surface area (Å²) in [5.74, 6) is 0.0167. The molecule has 0 radical (unpaired) electrons. The number of hydrogen-bond acceptors (Lipinski definition) is 10. The molecule has 0 saturated heterocycles. The molecule has 0 unspecified atom stereocenters. The summed E-state index contributed by atoms with van der Waals surface area (Å²) < 4.78 is 2.85. The van der Waals surface area contributed by atoms with Crippen LogP contribution in [0.5, 0.6) is 0 Å². The number of amides is 1. The third-order valence-electron chi connectivity index (χ3n) is 6.12. The average Bonchev–Trinajstić information content (AvgIpc) is 3.66. The van der Waals surface area contributed by atoms with Crippen molar-refractivity contribution in [1.82, 2.24) is 29.5 Å². The Balaban J connectivity index is 1.16. The van der Waals surface area contributed by atoms with Gasteiger partial charge in [0.05, 0.1) is 32.9 Å². The van der Waals surface area contributed by atoms with Crippen LogP contribution in [0.15, 0.2) is 100 Å². The number of non-ortho nitro benzene ring substituents is 1. The van der Waals surface area contributed by atoms with Gasteiger partial charge < -0.3 is 5.32 Å². The molecule has 1 amide bonds. The van der Waals surface area contributed by atoms with E-state index in [2.05, 4.69) is 25.6 Å². The molecular formula is C28H20N8O4S2. The molecule has 6 aromatic rings. The molecule has 0 fully saturated rings. The van der Waals surface area contributed by atoms with Crippen LogP contribution in [0.25, 0.3) is 27.8 Å². The zero-order valence-electron chi connectivity index (χ0n) is 21.7. The van der Waals surface area contributed by atoms with Crippen molar-refractivity contribution < 1.29 is 9.72 Å². The molecule has 3 aromatic carbocycles. The van der Waals surface area contributed by atoms with Crippen molar-refractivity contribution in [3.8, 4) is 16.9 Å². The number of carbonyl (C=O) groups excluding carboxylic acids is 1. The van der Waals surface area contributed by atoms with E-state index in [1.54, 1.807) is 30.5 Å². The summed E-state index contributed by atoms with van der Waals surface area (Å²) in [5, 5.41) is 25.3. The highest BCUT2D eigenvalue weighted by atomic mass is 32.2. The summed E-state index contributed by atoms with van der Waals surface area (Å²) in [6.45, 7) is -0.0559. The standard InChI is InChI=1S/C28H20N8O4S2/c37-25(31-27-29-24(17-41-27)18-6-2-1-3-7-18)15-34-14-19(32-33-34)16-42-28-30-23-9-5-4-8-22(23)26(38)35(28)20-10-12-21(13-11-20)36(39)40/h1-14,17H,15-16H2,(H,29,31,37). The molecule has 0 spiro atoms. The topological polar surface area (TPSA) is 151 Å². The Kier molecular flexibility index (Phi) is 7.53. The smallest absolute Gasteiger partial charge is 0.269 e. The van der Waals surface area contributed by atoms with Crippen LogP contribution in [-0.4, -0.2) is 40.4 Å². The SMILES string of the molecule is O=C(Cn1cc(CSc2nc3ccccc3c(=O)n2-c2ccc([N+](=O)[O-])cc2)nn1)Nc1nc(-c2ccccc2)cs1. The summed E-state index contributed by atoms with van der Waals surface area (Å²) in [5.41, 5.74) is 2.92. The highest BCUT2D eigenvalue weighted by Crippen LogP contribution is 2.26. The second-order valence-electron chi connectivity index (χ2n) is 8.97. The Bertz CT molecular complexity index is 1970. The van der Waals surface area contributed by atoms with E-state index in [0.29, 0.717) is 38.3 Å². The number of hydrogen-bond donors (Lipinski definition) is 1. The highest BCUT2D eigenvalue weighted by Gasteiger charge is 2.16. The van der Waals surface area contributed by atoms with Crippen molar-refractivity contribution in [3.05, 3.63) is 117 Å². The largest absolute Gasteiger partial charge is 0.300 e. The van der Waals surface area contributed by atoms with E-state index in [-0.39, 0.29) is 23.7 Å². The van der Waals surface area contributed by atoms with Crippen LogP contribution in [0.2, 0.25) is 0 Å². The van der Waals surface area contributed by atoms with Crippen LogP contribution in [0.3, 0.4) is 0 Å². The van der Waals surface area contributed by atoms with Crippen LogP contribution in [0.4, 0.5) is 10.8 Å². The first-order chi connectivity index (χ1) is 20.4. The van der Waals surface area contributed by atoms with E-state index < -0.39 is 4.92 Å². The van der Waals surface area contributed by atoms with E-state index in [1.165, 1.54) is 56.6 Å². The van der Waals surface area contributed by atoms with Gasteiger partial charge in [0.15, 0.2) is 10.3 Å². The fourth-order valence-corrected chi connectivity index (χ4v) is 5.78. The maximum Gasteiger partial charge on any atom is 0.269 e. The van der Waals surface area contributed by atoms with Crippen molar-refractivity contribution in [3.63, 3.8) is 0 Å². The summed E-state index contributed by atoms with van der Waals surface area (Å²) in [7, 11) is 0. The third-order valence-corrected chi connectivity index (χ3v) is 7.85. The van der Waals surface area contributed by atoms with Crippen molar-refractivity contribution in [2.75, 3.05) is 5.32 Å². The van der Waals surface area contributed by atoms with Crippen molar-refractivity contribution >= 4 is 50.7 Å². The number of nitrogens with one attached hydrogen (secondary N) is 1. The van der Waals surface area contributed by atoms with Crippen LogP contribution in [-0.2, 0) is 17.1 Å². The lowest BCUT2D eigenvalue weighted by atomic mass is 10.2. The van der Waals surface area contributed by atoms with Crippen LogP contribution < -0.4 is 10.9 Å². The van der Waals surface area contributed by atoms with Crippen molar-refractivity contribution in [2.24, 2.45) is 0 Å². The average molecular weight is 597 g/mol. The van der Waals surface area contributed by atoms with Gasteiger partial charge in [-0.1, -0.05) is 59.4 Å². The molecular weight excluding hydrogens is 576 g/mol. The van der Waals surface area contributed by atoms with Gasteiger partial charge >= 0.3 is 0 Å². The number of aromatic nitrogens is 6. The van der Waals surface area contributed by atoms with Gasteiger partial charge in [-0.25, -0.2) is 14.6 Å². The molecule has 6 rings (SSSR count). The number of thioether (sulfide) groups is 1. The molecule has 208 valence electrons. The van der Waals surface area contributed by atoms with Gasteiger partial charge in [-0.05, 0) is 24.3 Å². The Morgan fingerprint density at radius 1 is 1.00 bits per heavy atom. The van der Waals surface area contributed by atoms with Crippen molar-refractivity contribution in [1.29, 1.82) is 0 Å². The molecule has 12 nitrogen and oxygen atoms in total. The lowest BCUT2D eigenvalue weighted by Crippen LogP contribution is -2.21. The number of fused-ring (bicyclic) bond motifs is 1. The number of carbonyl (C=O) groups is 1. The van der Waals surface area contributed by atoms with Crippen LogP contribution in [0.1, 0.15) is 5.69 Å². The zero-order chi connectivity index (χ0) is 29.1. The molecule has 14 heteroatoms. The third kappa shape index (κ3) is 5.80. The molecule has 1 N–H and O–H groups in total. The Hall–Kier alpha value is -5.21. The van der Waals surface area contributed by atoms with Crippen LogP contribution in [0, 0.1) is 10.1 Å². The number of nitrogens with zero attached hydrogens (tertiary/aromatic N) is 7. The monoisotopic (exact) mass is 596 g/mol. The summed E-state index contributed by atoms with van der Waals surface area (Å²) >= 11 is 2.60. The van der Waals surface area contributed by atoms with E-state index in [1.807, 2.05) is 35.7 Å². The van der Waals surface area contributed by atoms with Gasteiger partial charge in [0.1, 0.15) is 6.54 Å². The molecule has 0 aliphatic heterocycles. The van der Waals surface area contributed by atoms with Crippen LogP contribution >= 0.6 is 23.1 Å². The second kappa shape index (κ2) is 11.7.